The number of aliphatic hydroxyl groups is 1. The number of carbonyl (C=O) groups is 1. The average molecular weight is 307 g/mol. The first-order chi connectivity index (χ1) is 10.5. The highest BCUT2D eigenvalue weighted by Crippen LogP contribution is 2.30. The molecule has 0 aromatic carbocycles. The number of hydrogen-bond acceptors (Lipinski definition) is 3. The SMILES string of the molecule is CCC(C)C(C)C(=O)N1CCC(C(O)c2nccn2C)CC1. The smallest absolute Gasteiger partial charge is 0.225 e. The maximum atomic E-state index is 12.5. The molecule has 0 bridgehead atoms. The van der Waals surface area contributed by atoms with Crippen LogP contribution in [-0.2, 0) is 11.8 Å². The van der Waals surface area contributed by atoms with Crippen LogP contribution in [0.3, 0.4) is 0 Å². The molecule has 0 radical (unpaired) electrons. The van der Waals surface area contributed by atoms with Crippen molar-refractivity contribution in [3.8, 4) is 0 Å². The molecule has 1 aromatic heterocycles. The summed E-state index contributed by atoms with van der Waals surface area (Å²) in [7, 11) is 1.90. The lowest BCUT2D eigenvalue weighted by Crippen LogP contribution is -2.43. The Morgan fingerprint density at radius 2 is 2.05 bits per heavy atom. The number of likely N-dealkylation sites (tertiary alicyclic amines) is 1. The van der Waals surface area contributed by atoms with Gasteiger partial charge in [0.05, 0.1) is 0 Å². The molecule has 2 heterocycles. The molecule has 1 aromatic rings. The summed E-state index contributed by atoms with van der Waals surface area (Å²) in [4.78, 5) is 18.7. The number of aryl methyl sites for hydroxylation is 1. The molecule has 1 saturated heterocycles. The van der Waals surface area contributed by atoms with Crippen LogP contribution in [0.4, 0.5) is 0 Å². The van der Waals surface area contributed by atoms with Gasteiger partial charge in [-0.25, -0.2) is 4.98 Å². The molecule has 1 amide bonds. The van der Waals surface area contributed by atoms with Crippen molar-refractivity contribution in [2.75, 3.05) is 13.1 Å². The summed E-state index contributed by atoms with van der Waals surface area (Å²) in [6.45, 7) is 7.78. The van der Waals surface area contributed by atoms with Gasteiger partial charge in [0.1, 0.15) is 11.9 Å². The van der Waals surface area contributed by atoms with Crippen LogP contribution in [-0.4, -0.2) is 38.6 Å². The molecule has 5 nitrogen and oxygen atoms in total. The molecule has 3 unspecified atom stereocenters. The predicted octanol–water partition coefficient (Wildman–Crippen LogP) is 2.37. The first kappa shape index (κ1) is 17.0. The number of amides is 1. The fraction of sp³-hybridized carbons (Fsp3) is 0.765. The van der Waals surface area contributed by atoms with E-state index in [-0.39, 0.29) is 17.7 Å². The van der Waals surface area contributed by atoms with E-state index in [4.69, 9.17) is 0 Å². The third-order valence-corrected chi connectivity index (χ3v) is 5.31. The lowest BCUT2D eigenvalue weighted by Gasteiger charge is -2.36. The third-order valence-electron chi connectivity index (χ3n) is 5.31. The van der Waals surface area contributed by atoms with Crippen LogP contribution in [0.15, 0.2) is 12.4 Å². The monoisotopic (exact) mass is 307 g/mol. The quantitative estimate of drug-likeness (QED) is 0.908. The van der Waals surface area contributed by atoms with Crippen LogP contribution < -0.4 is 0 Å². The minimum absolute atomic E-state index is 0.0843. The summed E-state index contributed by atoms with van der Waals surface area (Å²) in [5, 5.41) is 10.5. The minimum Gasteiger partial charge on any atom is -0.385 e. The summed E-state index contributed by atoms with van der Waals surface area (Å²) in [6, 6.07) is 0. The van der Waals surface area contributed by atoms with Gasteiger partial charge in [-0.3, -0.25) is 4.79 Å². The van der Waals surface area contributed by atoms with Gasteiger partial charge in [-0.1, -0.05) is 27.2 Å². The zero-order valence-corrected chi connectivity index (χ0v) is 14.2. The van der Waals surface area contributed by atoms with Gasteiger partial charge in [0, 0.05) is 38.4 Å². The number of nitrogens with zero attached hydrogens (tertiary/aromatic N) is 3. The van der Waals surface area contributed by atoms with Gasteiger partial charge in [0.2, 0.25) is 5.91 Å². The number of imidazole rings is 1. The maximum Gasteiger partial charge on any atom is 0.225 e. The molecule has 0 spiro atoms. The zero-order chi connectivity index (χ0) is 16.3. The fourth-order valence-corrected chi connectivity index (χ4v) is 3.19. The Morgan fingerprint density at radius 3 is 2.55 bits per heavy atom. The second kappa shape index (κ2) is 7.27. The highest BCUT2D eigenvalue weighted by atomic mass is 16.3. The van der Waals surface area contributed by atoms with Crippen LogP contribution in [0.1, 0.15) is 52.0 Å². The molecule has 1 aliphatic rings. The Morgan fingerprint density at radius 1 is 1.41 bits per heavy atom. The molecule has 1 N–H and O–H groups in total. The van der Waals surface area contributed by atoms with Crippen molar-refractivity contribution in [1.29, 1.82) is 0 Å². The summed E-state index contributed by atoms with van der Waals surface area (Å²) in [5.41, 5.74) is 0. The summed E-state index contributed by atoms with van der Waals surface area (Å²) < 4.78 is 1.87. The van der Waals surface area contributed by atoms with E-state index in [1.807, 2.05) is 29.6 Å². The van der Waals surface area contributed by atoms with E-state index in [1.165, 1.54) is 0 Å². The summed E-state index contributed by atoms with van der Waals surface area (Å²) >= 11 is 0. The van der Waals surface area contributed by atoms with Crippen molar-refractivity contribution in [3.05, 3.63) is 18.2 Å². The van der Waals surface area contributed by atoms with Gasteiger partial charge in [-0.15, -0.1) is 0 Å². The number of carbonyl (C=O) groups excluding carboxylic acids is 1. The molecule has 0 aliphatic carbocycles. The summed E-state index contributed by atoms with van der Waals surface area (Å²) in [6.07, 6.45) is 5.74. The predicted molar refractivity (Wildman–Crippen MR) is 86.1 cm³/mol. The van der Waals surface area contributed by atoms with Crippen LogP contribution in [0.5, 0.6) is 0 Å². The Labute approximate surface area is 133 Å². The minimum atomic E-state index is -0.538. The highest BCUT2D eigenvalue weighted by Gasteiger charge is 2.32. The van der Waals surface area contributed by atoms with E-state index < -0.39 is 6.10 Å². The van der Waals surface area contributed by atoms with Gasteiger partial charge in [-0.05, 0) is 24.7 Å². The number of piperidine rings is 1. The fourth-order valence-electron chi connectivity index (χ4n) is 3.19. The molecular formula is C17H29N3O2. The molecule has 3 atom stereocenters. The van der Waals surface area contributed by atoms with Crippen molar-refractivity contribution in [1.82, 2.24) is 14.5 Å². The number of aromatic nitrogens is 2. The van der Waals surface area contributed by atoms with Gasteiger partial charge in [-0.2, -0.15) is 0 Å². The van der Waals surface area contributed by atoms with Crippen LogP contribution in [0.25, 0.3) is 0 Å². The highest BCUT2D eigenvalue weighted by molar-refractivity contribution is 5.78. The lowest BCUT2D eigenvalue weighted by atomic mass is 9.88. The number of rotatable bonds is 5. The van der Waals surface area contributed by atoms with E-state index in [1.54, 1.807) is 6.20 Å². The van der Waals surface area contributed by atoms with Crippen LogP contribution in [0.2, 0.25) is 0 Å². The third kappa shape index (κ3) is 3.51. The van der Waals surface area contributed by atoms with E-state index in [0.29, 0.717) is 5.92 Å². The normalized spacial score (nSPS) is 20.7. The van der Waals surface area contributed by atoms with Gasteiger partial charge in [0.15, 0.2) is 0 Å². The first-order valence-corrected chi connectivity index (χ1v) is 8.39. The van der Waals surface area contributed by atoms with E-state index in [0.717, 1.165) is 38.2 Å². The lowest BCUT2D eigenvalue weighted by molar-refractivity contribution is -0.138. The first-order valence-electron chi connectivity index (χ1n) is 8.39. The van der Waals surface area contributed by atoms with Crippen molar-refractivity contribution in [2.24, 2.45) is 24.8 Å². The van der Waals surface area contributed by atoms with Gasteiger partial charge < -0.3 is 14.6 Å². The van der Waals surface area contributed by atoms with Crippen molar-refractivity contribution < 1.29 is 9.90 Å². The Kier molecular flexibility index (Phi) is 5.62. The number of hydrogen-bond donors (Lipinski definition) is 1. The summed E-state index contributed by atoms with van der Waals surface area (Å²) in [5.74, 6) is 1.67. The Balaban J connectivity index is 1.90. The topological polar surface area (TPSA) is 58.4 Å². The molecule has 22 heavy (non-hydrogen) atoms. The second-order valence-electron chi connectivity index (χ2n) is 6.68. The van der Waals surface area contributed by atoms with E-state index in [9.17, 15) is 9.90 Å². The van der Waals surface area contributed by atoms with Crippen molar-refractivity contribution >= 4 is 5.91 Å². The maximum absolute atomic E-state index is 12.5. The Hall–Kier alpha value is -1.36. The molecule has 0 saturated carbocycles. The van der Waals surface area contributed by atoms with Crippen molar-refractivity contribution in [3.63, 3.8) is 0 Å². The van der Waals surface area contributed by atoms with Crippen molar-refractivity contribution in [2.45, 2.75) is 46.1 Å². The molecule has 2 rings (SSSR count). The van der Waals surface area contributed by atoms with Gasteiger partial charge >= 0.3 is 0 Å². The number of aliphatic hydroxyl groups excluding tert-OH is 1. The Bertz CT molecular complexity index is 492. The molecule has 5 heteroatoms. The van der Waals surface area contributed by atoms with Crippen LogP contribution >= 0.6 is 0 Å². The largest absolute Gasteiger partial charge is 0.385 e. The average Bonchev–Trinajstić information content (AvgIpc) is 2.98. The van der Waals surface area contributed by atoms with Crippen LogP contribution in [0, 0.1) is 17.8 Å². The second-order valence-corrected chi connectivity index (χ2v) is 6.68. The van der Waals surface area contributed by atoms with Gasteiger partial charge in [0.25, 0.3) is 0 Å². The molecule has 1 fully saturated rings. The van der Waals surface area contributed by atoms with E-state index >= 15 is 0 Å². The zero-order valence-electron chi connectivity index (χ0n) is 14.2. The molecule has 1 aliphatic heterocycles. The molecule has 124 valence electrons. The standard InChI is InChI=1S/C17H29N3O2/c1-5-12(2)13(3)17(22)20-9-6-14(7-10-20)15(21)16-18-8-11-19(16)4/h8,11-15,21H,5-7,9-10H2,1-4H3. The van der Waals surface area contributed by atoms with E-state index in [2.05, 4.69) is 18.8 Å². The molecular weight excluding hydrogens is 278 g/mol.